The molecule has 0 aromatic carbocycles. The zero-order chi connectivity index (χ0) is 14.1. The maximum absolute atomic E-state index is 12.2. The second-order valence-corrected chi connectivity index (χ2v) is 5.45. The van der Waals surface area contributed by atoms with Crippen molar-refractivity contribution in [1.29, 1.82) is 0 Å². The van der Waals surface area contributed by atoms with Crippen molar-refractivity contribution in [2.24, 2.45) is 5.92 Å². The van der Waals surface area contributed by atoms with Crippen LogP contribution in [0, 0.1) is 5.92 Å². The molecule has 1 aliphatic heterocycles. The van der Waals surface area contributed by atoms with Gasteiger partial charge in [-0.1, -0.05) is 0 Å². The van der Waals surface area contributed by atoms with Gasteiger partial charge in [-0.25, -0.2) is 9.78 Å². The molecule has 0 bridgehead atoms. The van der Waals surface area contributed by atoms with Gasteiger partial charge in [-0.2, -0.15) is 0 Å². The van der Waals surface area contributed by atoms with Gasteiger partial charge in [0.15, 0.2) is 0 Å². The lowest BCUT2D eigenvalue weighted by molar-refractivity contribution is -0.141. The number of fused-ring (bicyclic) bond motifs is 1. The van der Waals surface area contributed by atoms with Gasteiger partial charge in [-0.05, 0) is 19.3 Å². The number of nitrogens with one attached hydrogen (secondary N) is 1. The fourth-order valence-corrected chi connectivity index (χ4v) is 2.95. The predicted octanol–water partition coefficient (Wildman–Crippen LogP) is 0.662. The Morgan fingerprint density at radius 2 is 2.20 bits per heavy atom. The second kappa shape index (κ2) is 5.15. The molecule has 0 unspecified atom stereocenters. The number of hydrogen-bond donors (Lipinski definition) is 2. The van der Waals surface area contributed by atoms with Crippen LogP contribution in [0.5, 0.6) is 0 Å². The van der Waals surface area contributed by atoms with Crippen molar-refractivity contribution < 1.29 is 14.7 Å². The Bertz CT molecular complexity index is 527. The Morgan fingerprint density at radius 3 is 2.95 bits per heavy atom. The van der Waals surface area contributed by atoms with Crippen LogP contribution in [-0.2, 0) is 17.9 Å². The molecule has 20 heavy (non-hydrogen) atoms. The van der Waals surface area contributed by atoms with Crippen LogP contribution in [0.15, 0.2) is 12.4 Å². The molecule has 7 nitrogen and oxygen atoms in total. The number of urea groups is 1. The van der Waals surface area contributed by atoms with E-state index in [1.807, 2.05) is 10.8 Å². The van der Waals surface area contributed by atoms with Gasteiger partial charge in [0.25, 0.3) is 0 Å². The Hall–Kier alpha value is -2.05. The molecule has 3 rings (SSSR count). The van der Waals surface area contributed by atoms with Gasteiger partial charge in [0.1, 0.15) is 5.82 Å². The summed E-state index contributed by atoms with van der Waals surface area (Å²) in [6, 6.07) is -0.138. The van der Waals surface area contributed by atoms with Gasteiger partial charge >= 0.3 is 12.0 Å². The number of nitrogens with zero attached hydrogens (tertiary/aromatic N) is 3. The molecule has 0 radical (unpaired) electrons. The smallest absolute Gasteiger partial charge is 0.318 e. The Morgan fingerprint density at radius 1 is 1.35 bits per heavy atom. The minimum absolute atomic E-state index is 0.0229. The lowest BCUT2D eigenvalue weighted by Gasteiger charge is -2.29. The minimum atomic E-state index is -0.762. The number of rotatable bonds is 2. The van der Waals surface area contributed by atoms with Crippen LogP contribution in [0.3, 0.4) is 0 Å². The van der Waals surface area contributed by atoms with Gasteiger partial charge in [0, 0.05) is 31.5 Å². The third-order valence-corrected chi connectivity index (χ3v) is 4.14. The molecule has 0 spiro atoms. The lowest BCUT2D eigenvalue weighted by atomic mass is 10.1. The molecule has 7 heteroatoms. The van der Waals surface area contributed by atoms with E-state index in [4.69, 9.17) is 5.11 Å². The summed E-state index contributed by atoms with van der Waals surface area (Å²) < 4.78 is 2.04. The number of aliphatic carboxylic acids is 1. The zero-order valence-corrected chi connectivity index (χ0v) is 11.2. The Kier molecular flexibility index (Phi) is 3.33. The van der Waals surface area contributed by atoms with E-state index < -0.39 is 5.97 Å². The van der Waals surface area contributed by atoms with Gasteiger partial charge in [-0.15, -0.1) is 0 Å². The summed E-state index contributed by atoms with van der Waals surface area (Å²) in [5.74, 6) is -0.191. The average molecular weight is 278 g/mol. The summed E-state index contributed by atoms with van der Waals surface area (Å²) in [5, 5.41) is 11.9. The number of aromatic nitrogens is 2. The van der Waals surface area contributed by atoms with Crippen molar-refractivity contribution in [3.05, 3.63) is 18.2 Å². The first-order chi connectivity index (χ1) is 9.63. The summed E-state index contributed by atoms with van der Waals surface area (Å²) in [6.07, 6.45) is 5.57. The minimum Gasteiger partial charge on any atom is -0.481 e. The molecule has 1 fully saturated rings. The third-order valence-electron chi connectivity index (χ3n) is 4.14. The summed E-state index contributed by atoms with van der Waals surface area (Å²) >= 11 is 0. The average Bonchev–Trinajstić information content (AvgIpc) is 3.05. The van der Waals surface area contributed by atoms with Gasteiger partial charge < -0.3 is 19.9 Å². The number of carboxylic acids is 1. The van der Waals surface area contributed by atoms with Gasteiger partial charge in [0.05, 0.1) is 12.5 Å². The van der Waals surface area contributed by atoms with Crippen molar-refractivity contribution in [2.75, 3.05) is 6.54 Å². The highest BCUT2D eigenvalue weighted by atomic mass is 16.4. The fourth-order valence-electron chi connectivity index (χ4n) is 2.95. The van der Waals surface area contributed by atoms with E-state index >= 15 is 0 Å². The molecule has 2 amide bonds. The van der Waals surface area contributed by atoms with E-state index in [2.05, 4.69) is 10.3 Å². The third kappa shape index (κ3) is 2.48. The summed E-state index contributed by atoms with van der Waals surface area (Å²) in [4.78, 5) is 29.1. The van der Waals surface area contributed by atoms with Gasteiger partial charge in [0.2, 0.25) is 0 Å². The van der Waals surface area contributed by atoms with Crippen molar-refractivity contribution in [3.63, 3.8) is 0 Å². The Labute approximate surface area is 116 Å². The first kappa shape index (κ1) is 13.0. The fraction of sp³-hybridized carbons (Fsp3) is 0.615. The van der Waals surface area contributed by atoms with Crippen molar-refractivity contribution in [3.8, 4) is 0 Å². The molecule has 2 atom stereocenters. The second-order valence-electron chi connectivity index (χ2n) is 5.45. The molecule has 2 heterocycles. The maximum atomic E-state index is 12.2. The van der Waals surface area contributed by atoms with E-state index in [9.17, 15) is 9.59 Å². The quantitative estimate of drug-likeness (QED) is 0.832. The van der Waals surface area contributed by atoms with E-state index in [1.54, 1.807) is 11.1 Å². The number of imidazole rings is 1. The number of hydrogen-bond acceptors (Lipinski definition) is 3. The van der Waals surface area contributed by atoms with Crippen molar-refractivity contribution >= 4 is 12.0 Å². The predicted molar refractivity (Wildman–Crippen MR) is 69.9 cm³/mol. The van der Waals surface area contributed by atoms with E-state index in [0.717, 1.165) is 18.8 Å². The molecule has 1 saturated carbocycles. The highest BCUT2D eigenvalue weighted by molar-refractivity contribution is 5.75. The topological polar surface area (TPSA) is 87.5 Å². The molecule has 1 aliphatic carbocycles. The molecule has 2 aliphatic rings. The first-order valence-corrected chi connectivity index (χ1v) is 6.91. The van der Waals surface area contributed by atoms with Crippen LogP contribution in [-0.4, -0.2) is 44.1 Å². The molecule has 2 N–H and O–H groups in total. The zero-order valence-electron chi connectivity index (χ0n) is 11.2. The first-order valence-electron chi connectivity index (χ1n) is 6.91. The largest absolute Gasteiger partial charge is 0.481 e. The number of amides is 2. The van der Waals surface area contributed by atoms with Crippen LogP contribution in [0.4, 0.5) is 4.79 Å². The summed E-state index contributed by atoms with van der Waals surface area (Å²) in [6.45, 7) is 1.92. The highest BCUT2D eigenvalue weighted by Crippen LogP contribution is 2.26. The van der Waals surface area contributed by atoms with Crippen molar-refractivity contribution in [1.82, 2.24) is 19.8 Å². The normalized spacial score (nSPS) is 25.3. The Balaban J connectivity index is 1.55. The number of carbonyl (C=O) groups is 2. The standard InChI is InChI=1S/C13H18N4O3/c18-12(19)9-1-2-10(7-9)15-13(20)17-6-5-16-4-3-14-11(16)8-17/h3-4,9-10H,1-2,5-8H2,(H,15,20)(H,18,19)/t9-,10+/m1/s1. The maximum Gasteiger partial charge on any atom is 0.318 e. The highest BCUT2D eigenvalue weighted by Gasteiger charge is 2.32. The molecule has 1 aromatic rings. The molecular formula is C13H18N4O3. The van der Waals surface area contributed by atoms with E-state index in [1.165, 1.54) is 0 Å². The molecule has 0 saturated heterocycles. The molecular weight excluding hydrogens is 260 g/mol. The molecule has 108 valence electrons. The van der Waals surface area contributed by atoms with Crippen LogP contribution < -0.4 is 5.32 Å². The summed E-state index contributed by atoms with van der Waals surface area (Å²) in [7, 11) is 0. The van der Waals surface area contributed by atoms with Crippen LogP contribution >= 0.6 is 0 Å². The van der Waals surface area contributed by atoms with Crippen molar-refractivity contribution in [2.45, 2.75) is 38.4 Å². The SMILES string of the molecule is O=C(O)[C@@H]1CC[C@H](NC(=O)N2CCn3ccnc3C2)C1. The van der Waals surface area contributed by atoms with Crippen LogP contribution in [0.1, 0.15) is 25.1 Å². The number of carboxylic acid groups (broad SMARTS) is 1. The monoisotopic (exact) mass is 278 g/mol. The molecule has 1 aromatic heterocycles. The number of carbonyl (C=O) groups excluding carboxylic acids is 1. The van der Waals surface area contributed by atoms with E-state index in [-0.39, 0.29) is 18.0 Å². The summed E-state index contributed by atoms with van der Waals surface area (Å²) in [5.41, 5.74) is 0. The van der Waals surface area contributed by atoms with Crippen LogP contribution in [0.25, 0.3) is 0 Å². The lowest BCUT2D eigenvalue weighted by Crippen LogP contribution is -2.47. The van der Waals surface area contributed by atoms with Gasteiger partial charge in [-0.3, -0.25) is 4.79 Å². The van der Waals surface area contributed by atoms with Crippen LogP contribution in [0.2, 0.25) is 0 Å². The van der Waals surface area contributed by atoms with E-state index in [0.29, 0.717) is 25.9 Å².